The van der Waals surface area contributed by atoms with E-state index < -0.39 is 17.9 Å². The van der Waals surface area contributed by atoms with E-state index in [9.17, 15) is 14.4 Å². The first kappa shape index (κ1) is 14.2. The molecule has 0 aromatic heterocycles. The van der Waals surface area contributed by atoms with Gasteiger partial charge in [-0.2, -0.15) is 0 Å². The zero-order chi connectivity index (χ0) is 14.9. The molecule has 0 saturated carbocycles. The Morgan fingerprint density at radius 3 is 2.60 bits per heavy atom. The van der Waals surface area contributed by atoms with Crippen LogP contribution in [0.3, 0.4) is 0 Å². The monoisotopic (exact) mass is 275 g/mol. The summed E-state index contributed by atoms with van der Waals surface area (Å²) in [6.07, 6.45) is 0. The molecule has 3 amide bonds. The standard InChI is InChI=1S/C14H17N3O3/c1-8-3-4-10-11(7-8)14(20)17(13(10)19)9(2)12(18)16-6-5-15/h3-4,7,9H,5-6,15H2,1-2H3,(H,16,18). The minimum absolute atomic E-state index is 0.305. The van der Waals surface area contributed by atoms with Crippen LogP contribution in [0.25, 0.3) is 0 Å². The lowest BCUT2D eigenvalue weighted by Crippen LogP contribution is -2.48. The van der Waals surface area contributed by atoms with Gasteiger partial charge in [-0.3, -0.25) is 19.3 Å². The molecule has 1 heterocycles. The Kier molecular flexibility index (Phi) is 3.85. The van der Waals surface area contributed by atoms with Gasteiger partial charge < -0.3 is 11.1 Å². The molecule has 2 rings (SSSR count). The average molecular weight is 275 g/mol. The van der Waals surface area contributed by atoms with Crippen LogP contribution in [0.5, 0.6) is 0 Å². The molecular formula is C14H17N3O3. The number of nitrogens with one attached hydrogen (secondary N) is 1. The first-order valence-corrected chi connectivity index (χ1v) is 6.43. The van der Waals surface area contributed by atoms with Crippen LogP contribution in [0.2, 0.25) is 0 Å². The van der Waals surface area contributed by atoms with Crippen molar-refractivity contribution >= 4 is 17.7 Å². The largest absolute Gasteiger partial charge is 0.353 e. The minimum atomic E-state index is -0.853. The van der Waals surface area contributed by atoms with Crippen molar-refractivity contribution < 1.29 is 14.4 Å². The fourth-order valence-electron chi connectivity index (χ4n) is 2.19. The third kappa shape index (κ3) is 2.30. The summed E-state index contributed by atoms with van der Waals surface area (Å²) in [6.45, 7) is 3.99. The Morgan fingerprint density at radius 1 is 1.30 bits per heavy atom. The normalized spacial score (nSPS) is 15.2. The van der Waals surface area contributed by atoms with Gasteiger partial charge in [0.1, 0.15) is 6.04 Å². The van der Waals surface area contributed by atoms with E-state index in [1.165, 1.54) is 6.92 Å². The van der Waals surface area contributed by atoms with Gasteiger partial charge in [0.2, 0.25) is 5.91 Å². The Hall–Kier alpha value is -2.21. The second-order valence-corrected chi connectivity index (χ2v) is 4.79. The van der Waals surface area contributed by atoms with E-state index in [1.807, 2.05) is 6.92 Å². The van der Waals surface area contributed by atoms with Crippen LogP contribution in [-0.2, 0) is 4.79 Å². The van der Waals surface area contributed by atoms with E-state index in [0.717, 1.165) is 10.5 Å². The summed E-state index contributed by atoms with van der Waals surface area (Å²) < 4.78 is 0. The summed E-state index contributed by atoms with van der Waals surface area (Å²) in [4.78, 5) is 37.4. The molecule has 1 atom stereocenters. The number of fused-ring (bicyclic) bond motifs is 1. The number of aryl methyl sites for hydroxylation is 1. The van der Waals surface area contributed by atoms with Gasteiger partial charge in [-0.1, -0.05) is 11.6 Å². The quantitative estimate of drug-likeness (QED) is 0.760. The molecule has 6 heteroatoms. The van der Waals surface area contributed by atoms with Gasteiger partial charge in [-0.25, -0.2) is 0 Å². The maximum Gasteiger partial charge on any atom is 0.262 e. The van der Waals surface area contributed by atoms with E-state index in [2.05, 4.69) is 5.32 Å². The maximum atomic E-state index is 12.3. The highest BCUT2D eigenvalue weighted by Gasteiger charge is 2.40. The van der Waals surface area contributed by atoms with Gasteiger partial charge in [-0.15, -0.1) is 0 Å². The van der Waals surface area contributed by atoms with E-state index in [4.69, 9.17) is 5.73 Å². The molecule has 1 aliphatic heterocycles. The van der Waals surface area contributed by atoms with Crippen molar-refractivity contribution in [1.29, 1.82) is 0 Å². The van der Waals surface area contributed by atoms with Gasteiger partial charge in [0.25, 0.3) is 11.8 Å². The number of carbonyl (C=O) groups excluding carboxylic acids is 3. The second-order valence-electron chi connectivity index (χ2n) is 4.79. The van der Waals surface area contributed by atoms with Crippen molar-refractivity contribution in [3.05, 3.63) is 34.9 Å². The molecule has 20 heavy (non-hydrogen) atoms. The van der Waals surface area contributed by atoms with E-state index in [0.29, 0.717) is 24.2 Å². The van der Waals surface area contributed by atoms with Gasteiger partial charge in [0.15, 0.2) is 0 Å². The summed E-state index contributed by atoms with van der Waals surface area (Å²) >= 11 is 0. The number of nitrogens with two attached hydrogens (primary N) is 1. The molecular weight excluding hydrogens is 258 g/mol. The number of hydrogen-bond donors (Lipinski definition) is 2. The number of rotatable bonds is 4. The summed E-state index contributed by atoms with van der Waals surface area (Å²) in [5.41, 5.74) is 6.91. The van der Waals surface area contributed by atoms with E-state index in [1.54, 1.807) is 18.2 Å². The van der Waals surface area contributed by atoms with E-state index >= 15 is 0 Å². The zero-order valence-corrected chi connectivity index (χ0v) is 11.5. The lowest BCUT2D eigenvalue weighted by atomic mass is 10.1. The molecule has 0 bridgehead atoms. The number of benzene rings is 1. The highest BCUT2D eigenvalue weighted by atomic mass is 16.2. The van der Waals surface area contributed by atoms with Crippen LogP contribution in [0.1, 0.15) is 33.2 Å². The zero-order valence-electron chi connectivity index (χ0n) is 11.5. The third-order valence-corrected chi connectivity index (χ3v) is 3.28. The first-order valence-electron chi connectivity index (χ1n) is 6.43. The molecule has 0 saturated heterocycles. The molecule has 1 aromatic carbocycles. The average Bonchev–Trinajstić information content (AvgIpc) is 2.67. The Labute approximate surface area is 116 Å². The molecule has 0 spiro atoms. The highest BCUT2D eigenvalue weighted by molar-refractivity contribution is 6.22. The Balaban J connectivity index is 2.26. The van der Waals surface area contributed by atoms with Gasteiger partial charge >= 0.3 is 0 Å². The fourth-order valence-corrected chi connectivity index (χ4v) is 2.19. The van der Waals surface area contributed by atoms with Crippen molar-refractivity contribution in [2.45, 2.75) is 19.9 Å². The first-order chi connectivity index (χ1) is 9.47. The highest BCUT2D eigenvalue weighted by Crippen LogP contribution is 2.25. The molecule has 3 N–H and O–H groups in total. The second kappa shape index (κ2) is 5.42. The molecule has 0 radical (unpaired) electrons. The van der Waals surface area contributed by atoms with Gasteiger partial charge in [0.05, 0.1) is 11.1 Å². The molecule has 0 aliphatic carbocycles. The van der Waals surface area contributed by atoms with Crippen LogP contribution >= 0.6 is 0 Å². The van der Waals surface area contributed by atoms with Crippen molar-refractivity contribution in [2.75, 3.05) is 13.1 Å². The Morgan fingerprint density at radius 2 is 1.95 bits per heavy atom. The summed E-state index contributed by atoms with van der Waals surface area (Å²) in [5.74, 6) is -1.24. The number of hydrogen-bond acceptors (Lipinski definition) is 4. The van der Waals surface area contributed by atoms with Crippen LogP contribution in [-0.4, -0.2) is 41.8 Å². The number of nitrogens with zero attached hydrogens (tertiary/aromatic N) is 1. The topological polar surface area (TPSA) is 92.5 Å². The fraction of sp³-hybridized carbons (Fsp3) is 0.357. The number of amides is 3. The molecule has 106 valence electrons. The van der Waals surface area contributed by atoms with Crippen LogP contribution in [0.4, 0.5) is 0 Å². The predicted octanol–water partition coefficient (Wildman–Crippen LogP) is 0.0544. The van der Waals surface area contributed by atoms with Gasteiger partial charge in [0, 0.05) is 13.1 Å². The van der Waals surface area contributed by atoms with Crippen molar-refractivity contribution in [2.24, 2.45) is 5.73 Å². The number of imide groups is 1. The van der Waals surface area contributed by atoms with Crippen molar-refractivity contribution in [1.82, 2.24) is 10.2 Å². The van der Waals surface area contributed by atoms with Crippen molar-refractivity contribution in [3.8, 4) is 0 Å². The summed E-state index contributed by atoms with van der Waals surface area (Å²) in [5, 5.41) is 2.58. The van der Waals surface area contributed by atoms with Crippen molar-refractivity contribution in [3.63, 3.8) is 0 Å². The molecule has 6 nitrogen and oxygen atoms in total. The predicted molar refractivity (Wildman–Crippen MR) is 73.2 cm³/mol. The maximum absolute atomic E-state index is 12.3. The minimum Gasteiger partial charge on any atom is -0.353 e. The lowest BCUT2D eigenvalue weighted by molar-refractivity contribution is -0.124. The summed E-state index contributed by atoms with van der Waals surface area (Å²) in [6, 6.07) is 4.21. The third-order valence-electron chi connectivity index (χ3n) is 3.28. The van der Waals surface area contributed by atoms with Crippen LogP contribution in [0.15, 0.2) is 18.2 Å². The Bertz CT molecular complexity index is 583. The smallest absolute Gasteiger partial charge is 0.262 e. The molecule has 1 aliphatic rings. The summed E-state index contributed by atoms with van der Waals surface area (Å²) in [7, 11) is 0. The molecule has 1 aromatic rings. The number of carbonyl (C=O) groups is 3. The molecule has 1 unspecified atom stereocenters. The lowest BCUT2D eigenvalue weighted by Gasteiger charge is -2.21. The molecule has 0 fully saturated rings. The van der Waals surface area contributed by atoms with E-state index in [-0.39, 0.29) is 5.91 Å². The van der Waals surface area contributed by atoms with Gasteiger partial charge in [-0.05, 0) is 26.0 Å². The van der Waals surface area contributed by atoms with Crippen LogP contribution in [0, 0.1) is 6.92 Å². The van der Waals surface area contributed by atoms with Crippen LogP contribution < -0.4 is 11.1 Å². The SMILES string of the molecule is Cc1ccc2c(c1)C(=O)N(C(C)C(=O)NCCN)C2=O.